The molecule has 0 bridgehead atoms. The summed E-state index contributed by atoms with van der Waals surface area (Å²) in [5.41, 5.74) is 12.4. The zero-order valence-electron chi connectivity index (χ0n) is 14.3. The normalized spacial score (nSPS) is 20.7. The minimum Gasteiger partial charge on any atom is -0.598 e. The first kappa shape index (κ1) is 17.2. The highest BCUT2D eigenvalue weighted by molar-refractivity contribution is 6.09. The van der Waals surface area contributed by atoms with Crippen LogP contribution in [0.25, 0.3) is 0 Å². The van der Waals surface area contributed by atoms with Crippen molar-refractivity contribution in [3.8, 4) is 0 Å². The van der Waals surface area contributed by atoms with Gasteiger partial charge >= 0.3 is 0 Å². The summed E-state index contributed by atoms with van der Waals surface area (Å²) in [5, 5.41) is 7.07. The number of carbonyl (C=O) groups excluding carboxylic acids is 1. The number of carbonyl (C=O) groups is 1. The van der Waals surface area contributed by atoms with Gasteiger partial charge in [0.2, 0.25) is 6.26 Å². The maximum atomic E-state index is 13.1. The summed E-state index contributed by atoms with van der Waals surface area (Å²) in [7, 11) is 1.60. The van der Waals surface area contributed by atoms with Gasteiger partial charge in [-0.1, -0.05) is 42.5 Å². The minimum atomic E-state index is -1.26. The van der Waals surface area contributed by atoms with Crippen LogP contribution in [0.4, 0.5) is 5.69 Å². The number of hydrogen-bond donors (Lipinski definition) is 2. The molecule has 0 saturated heterocycles. The van der Waals surface area contributed by atoms with Crippen LogP contribution < -0.4 is 11.5 Å². The van der Waals surface area contributed by atoms with Gasteiger partial charge in [-0.15, -0.1) is 0 Å². The lowest BCUT2D eigenvalue weighted by Gasteiger charge is -2.26. The minimum absolute atomic E-state index is 0.157. The summed E-state index contributed by atoms with van der Waals surface area (Å²) < 4.78 is 0. The highest BCUT2D eigenvalue weighted by Gasteiger charge is 2.49. The molecule has 6 N–H and O–H groups in total. The van der Waals surface area contributed by atoms with E-state index in [0.29, 0.717) is 11.3 Å². The smallest absolute Gasteiger partial charge is 0.266 e. The van der Waals surface area contributed by atoms with E-state index >= 15 is 0 Å². The van der Waals surface area contributed by atoms with Crippen LogP contribution in [0.5, 0.6) is 0 Å². The monoisotopic (exact) mass is 350 g/mol. The van der Waals surface area contributed by atoms with Gasteiger partial charge in [0.05, 0.1) is 11.8 Å². The molecule has 26 heavy (non-hydrogen) atoms. The summed E-state index contributed by atoms with van der Waals surface area (Å²) in [6.07, 6.45) is 2.44. The first-order valence-electron chi connectivity index (χ1n) is 7.96. The molecular weight excluding hydrogens is 330 g/mol. The van der Waals surface area contributed by atoms with Gasteiger partial charge in [-0.25, -0.2) is 9.98 Å². The first-order valence-corrected chi connectivity index (χ1v) is 7.96. The predicted molar refractivity (Wildman–Crippen MR) is 102 cm³/mol. The summed E-state index contributed by atoms with van der Waals surface area (Å²) in [6, 6.07) is 16.4. The van der Waals surface area contributed by atoms with Gasteiger partial charge in [0, 0.05) is 7.05 Å². The Kier molecular flexibility index (Phi) is 4.45. The number of amides is 1. The van der Waals surface area contributed by atoms with Gasteiger partial charge in [-0.05, 0) is 23.3 Å². The topological polar surface area (TPSA) is 120 Å². The summed E-state index contributed by atoms with van der Waals surface area (Å²) in [6.45, 7) is 0. The number of amidine groups is 1. The van der Waals surface area contributed by atoms with Gasteiger partial charge in [0.15, 0.2) is 11.5 Å². The second-order valence-electron chi connectivity index (χ2n) is 5.83. The third-order valence-corrected chi connectivity index (χ3v) is 4.21. The Labute approximate surface area is 151 Å². The summed E-state index contributed by atoms with van der Waals surface area (Å²) in [4.78, 5) is 23.2. The number of rotatable bonds is 4. The molecule has 3 rings (SSSR count). The highest BCUT2D eigenvalue weighted by Crippen LogP contribution is 2.40. The van der Waals surface area contributed by atoms with Gasteiger partial charge in [-0.3, -0.25) is 9.69 Å². The third-order valence-electron chi connectivity index (χ3n) is 4.21. The van der Waals surface area contributed by atoms with E-state index < -0.39 is 5.54 Å². The molecule has 7 nitrogen and oxygen atoms in total. The lowest BCUT2D eigenvalue weighted by Crippen LogP contribution is -2.41. The molecule has 1 amide bonds. The van der Waals surface area contributed by atoms with Crippen LogP contribution in [0, 0.1) is 0 Å². The Balaban J connectivity index is 2.20. The van der Waals surface area contributed by atoms with E-state index in [-0.39, 0.29) is 17.7 Å². The largest absolute Gasteiger partial charge is 0.598 e. The fraction of sp³-hybridized carbons (Fsp3) is 0.105. The van der Waals surface area contributed by atoms with E-state index in [1.54, 1.807) is 25.2 Å². The Hall–Kier alpha value is -3.61. The van der Waals surface area contributed by atoms with Crippen molar-refractivity contribution in [3.05, 3.63) is 78.1 Å². The van der Waals surface area contributed by atoms with E-state index in [0.717, 1.165) is 11.8 Å². The van der Waals surface area contributed by atoms with Crippen LogP contribution in [-0.2, 0) is 10.3 Å². The second-order valence-corrected chi connectivity index (χ2v) is 5.83. The van der Waals surface area contributed by atoms with Crippen molar-refractivity contribution >= 4 is 23.4 Å². The van der Waals surface area contributed by atoms with Crippen LogP contribution >= 0.6 is 0 Å². The van der Waals surface area contributed by atoms with E-state index in [1.807, 2.05) is 36.4 Å². The van der Waals surface area contributed by atoms with Crippen LogP contribution in [0.15, 0.2) is 76.9 Å². The Morgan fingerprint density at radius 1 is 1.19 bits per heavy atom. The van der Waals surface area contributed by atoms with E-state index in [1.165, 1.54) is 11.0 Å². The van der Waals surface area contributed by atoms with Gasteiger partial charge in [0.25, 0.3) is 5.91 Å². The molecule has 2 aromatic carbocycles. The van der Waals surface area contributed by atoms with Crippen molar-refractivity contribution in [1.82, 2.24) is 4.90 Å². The summed E-state index contributed by atoms with van der Waals surface area (Å²) in [5.74, 6) is 0.120. The maximum Gasteiger partial charge on any atom is 0.266 e. The highest BCUT2D eigenvalue weighted by atomic mass is 16.2. The van der Waals surface area contributed by atoms with Crippen molar-refractivity contribution in [3.63, 3.8) is 0 Å². The van der Waals surface area contributed by atoms with Crippen molar-refractivity contribution < 1.29 is 9.90 Å². The van der Waals surface area contributed by atoms with Crippen LogP contribution in [0.2, 0.25) is 0 Å². The molecule has 0 spiro atoms. The number of likely N-dealkylation sites (N-methyl/N-ethyl adjacent to an activating group) is 1. The molecule has 0 aromatic heterocycles. The second kappa shape index (κ2) is 6.72. The van der Waals surface area contributed by atoms with Crippen molar-refractivity contribution in [1.29, 1.82) is 0 Å². The molecule has 1 heterocycles. The quantitative estimate of drug-likeness (QED) is 0.369. The molecule has 7 heteroatoms. The SMILES string of the molecule is CN1C(=O)C(c2ccccc2)(c2cccc(N=C(N)/C=C\[OH2+])c2)N=C1N. The maximum absolute atomic E-state index is 13.1. The van der Waals surface area contributed by atoms with Crippen LogP contribution in [0.1, 0.15) is 11.1 Å². The lowest BCUT2D eigenvalue weighted by molar-refractivity contribution is -0.129. The number of nitrogens with zero attached hydrogens (tertiary/aromatic N) is 3. The van der Waals surface area contributed by atoms with Crippen molar-refractivity contribution in [2.24, 2.45) is 21.5 Å². The number of hydrogen-bond acceptors (Lipinski definition) is 4. The first-order chi connectivity index (χ1) is 12.5. The van der Waals surface area contributed by atoms with E-state index in [2.05, 4.69) is 9.98 Å². The molecule has 0 saturated carbocycles. The van der Waals surface area contributed by atoms with Crippen molar-refractivity contribution in [2.75, 3.05) is 7.05 Å². The Morgan fingerprint density at radius 2 is 1.88 bits per heavy atom. The number of benzene rings is 2. The standard InChI is InChI=1S/C19H19N5O2/c1-24-17(26)19(23-18(24)21,13-6-3-2-4-7-13)14-8-5-9-15(12-14)22-16(20)10-11-25/h2-12,25H,1H3,(H2,20,22)(H2,21,23)/p+1/b11-10-. The molecule has 0 radical (unpaired) electrons. The molecule has 132 valence electrons. The zero-order chi connectivity index (χ0) is 18.7. The van der Waals surface area contributed by atoms with Crippen LogP contribution in [-0.4, -0.2) is 34.8 Å². The van der Waals surface area contributed by atoms with Gasteiger partial charge < -0.3 is 16.6 Å². The van der Waals surface area contributed by atoms with Crippen molar-refractivity contribution in [2.45, 2.75) is 5.54 Å². The molecule has 1 aliphatic heterocycles. The number of nitrogens with two attached hydrogens (primary N) is 2. The summed E-state index contributed by atoms with van der Waals surface area (Å²) >= 11 is 0. The molecular formula is C19H20N5O2+. The van der Waals surface area contributed by atoms with Gasteiger partial charge in [0.1, 0.15) is 5.84 Å². The molecule has 2 aromatic rings. The molecule has 0 fully saturated rings. The Morgan fingerprint density at radius 3 is 2.50 bits per heavy atom. The average molecular weight is 350 g/mol. The fourth-order valence-corrected chi connectivity index (χ4v) is 2.94. The Bertz CT molecular complexity index is 921. The van der Waals surface area contributed by atoms with Crippen LogP contribution in [0.3, 0.4) is 0 Å². The molecule has 0 aliphatic carbocycles. The van der Waals surface area contributed by atoms with E-state index in [9.17, 15) is 4.79 Å². The third kappa shape index (κ3) is 2.79. The zero-order valence-corrected chi connectivity index (χ0v) is 14.3. The average Bonchev–Trinajstić information content (AvgIpc) is 2.88. The molecule has 1 unspecified atom stereocenters. The molecule has 1 aliphatic rings. The lowest BCUT2D eigenvalue weighted by atomic mass is 9.82. The predicted octanol–water partition coefficient (Wildman–Crippen LogP) is 0.944. The molecule has 1 atom stereocenters. The fourth-order valence-electron chi connectivity index (χ4n) is 2.94. The van der Waals surface area contributed by atoms with E-state index in [4.69, 9.17) is 16.6 Å². The number of aliphatic imine (C=N–C) groups is 2. The number of guanidine groups is 1. The van der Waals surface area contributed by atoms with Gasteiger partial charge in [-0.2, -0.15) is 0 Å².